The predicted molar refractivity (Wildman–Crippen MR) is 75.1 cm³/mol. The van der Waals surface area contributed by atoms with Crippen LogP contribution in [0.1, 0.15) is 28.8 Å². The molecule has 0 aliphatic carbocycles. The van der Waals surface area contributed by atoms with Crippen molar-refractivity contribution < 1.29 is 23.2 Å². The third kappa shape index (κ3) is 2.21. The normalized spacial score (nSPS) is 21.6. The minimum Gasteiger partial charge on any atom is -0.322 e. The molecule has 1 N–H and O–H groups in total. The molecule has 0 bridgehead atoms. The number of piperidine rings is 1. The van der Waals surface area contributed by atoms with Crippen LogP contribution in [0.4, 0.5) is 8.78 Å². The van der Waals surface area contributed by atoms with Gasteiger partial charge in [-0.1, -0.05) is 0 Å². The van der Waals surface area contributed by atoms with Gasteiger partial charge in [0.05, 0.1) is 12.1 Å². The minimum atomic E-state index is -1.06. The topological polar surface area (TPSA) is 66.5 Å². The van der Waals surface area contributed by atoms with E-state index in [4.69, 9.17) is 0 Å². The maximum Gasteiger partial charge on any atom is 0.256 e. The minimum absolute atomic E-state index is 0.0332. The lowest BCUT2D eigenvalue weighted by atomic mass is 10.0. The lowest BCUT2D eigenvalue weighted by molar-refractivity contribution is -0.136. The molecule has 2 aliphatic rings. The van der Waals surface area contributed by atoms with Gasteiger partial charge < -0.3 is 4.90 Å². The Balaban J connectivity index is 1.97. The second-order valence-electron chi connectivity index (χ2n) is 4.91. The molecule has 0 radical (unpaired) electrons. The van der Waals surface area contributed by atoms with E-state index in [0.717, 1.165) is 6.07 Å². The van der Waals surface area contributed by atoms with Gasteiger partial charge in [-0.3, -0.25) is 19.7 Å². The van der Waals surface area contributed by atoms with Crippen molar-refractivity contribution in [1.29, 1.82) is 0 Å². The first-order chi connectivity index (χ1) is 9.90. The van der Waals surface area contributed by atoms with E-state index in [1.54, 1.807) is 22.6 Å². The number of carbonyl (C=O) groups excluding carboxylic acids is 3. The monoisotopic (exact) mass is 406 g/mol. The van der Waals surface area contributed by atoms with E-state index in [1.807, 2.05) is 0 Å². The third-order valence-electron chi connectivity index (χ3n) is 3.66. The first-order valence-corrected chi connectivity index (χ1v) is 7.29. The molecule has 0 saturated carbocycles. The van der Waals surface area contributed by atoms with Crippen LogP contribution < -0.4 is 5.32 Å². The van der Waals surface area contributed by atoms with Crippen LogP contribution in [0.15, 0.2) is 6.07 Å². The largest absolute Gasteiger partial charge is 0.322 e. The molecule has 0 aromatic heterocycles. The van der Waals surface area contributed by atoms with E-state index in [-0.39, 0.29) is 30.5 Å². The number of nitrogens with zero attached hydrogens (tertiary/aromatic N) is 1. The second-order valence-corrected chi connectivity index (χ2v) is 6.07. The molecule has 1 saturated heterocycles. The molecule has 2 heterocycles. The van der Waals surface area contributed by atoms with Crippen LogP contribution in [0.2, 0.25) is 0 Å². The zero-order chi connectivity index (χ0) is 15.3. The summed E-state index contributed by atoms with van der Waals surface area (Å²) in [6.45, 7) is -0.167. The highest BCUT2D eigenvalue weighted by Gasteiger charge is 2.41. The first kappa shape index (κ1) is 14.4. The number of halogens is 3. The van der Waals surface area contributed by atoms with Crippen molar-refractivity contribution in [3.05, 3.63) is 32.4 Å². The molecule has 3 rings (SSSR count). The number of hydrogen-bond donors (Lipinski definition) is 1. The zero-order valence-corrected chi connectivity index (χ0v) is 12.7. The molecule has 1 atom stereocenters. The van der Waals surface area contributed by atoms with Gasteiger partial charge in [0.2, 0.25) is 11.8 Å². The van der Waals surface area contributed by atoms with E-state index < -0.39 is 35.4 Å². The molecule has 1 aromatic rings. The summed E-state index contributed by atoms with van der Waals surface area (Å²) in [5.41, 5.74) is 0.0632. The van der Waals surface area contributed by atoms with Gasteiger partial charge in [-0.25, -0.2) is 8.78 Å². The van der Waals surface area contributed by atoms with Gasteiger partial charge in [0.15, 0.2) is 11.6 Å². The predicted octanol–water partition coefficient (Wildman–Crippen LogP) is 1.33. The number of imide groups is 1. The molecule has 0 unspecified atom stereocenters. The smallest absolute Gasteiger partial charge is 0.256 e. The molecule has 21 heavy (non-hydrogen) atoms. The SMILES string of the molecule is O=C1CC[C@@H](N2Cc3c(F)c(F)cc(I)c3C2=O)C(=O)N1. The second kappa shape index (κ2) is 5.00. The molecule has 3 amide bonds. The highest BCUT2D eigenvalue weighted by Crippen LogP contribution is 2.33. The summed E-state index contributed by atoms with van der Waals surface area (Å²) in [6, 6.07) is 0.126. The van der Waals surface area contributed by atoms with Crippen molar-refractivity contribution in [3.63, 3.8) is 0 Å². The summed E-state index contributed by atoms with van der Waals surface area (Å²) < 4.78 is 27.6. The van der Waals surface area contributed by atoms with Gasteiger partial charge in [0, 0.05) is 15.6 Å². The van der Waals surface area contributed by atoms with E-state index in [1.165, 1.54) is 4.90 Å². The van der Waals surface area contributed by atoms with Crippen molar-refractivity contribution in [3.8, 4) is 0 Å². The van der Waals surface area contributed by atoms with Crippen molar-refractivity contribution >= 4 is 40.3 Å². The summed E-state index contributed by atoms with van der Waals surface area (Å²) in [6.07, 6.45) is 0.301. The average molecular weight is 406 g/mol. The molecule has 1 aromatic carbocycles. The average Bonchev–Trinajstić information content (AvgIpc) is 2.75. The van der Waals surface area contributed by atoms with Gasteiger partial charge in [-0.05, 0) is 35.1 Å². The van der Waals surface area contributed by atoms with Gasteiger partial charge >= 0.3 is 0 Å². The van der Waals surface area contributed by atoms with Crippen LogP contribution in [0.3, 0.4) is 0 Å². The van der Waals surface area contributed by atoms with Crippen molar-refractivity contribution in [1.82, 2.24) is 10.2 Å². The highest BCUT2D eigenvalue weighted by molar-refractivity contribution is 14.1. The summed E-state index contributed by atoms with van der Waals surface area (Å²) >= 11 is 1.76. The fourth-order valence-electron chi connectivity index (χ4n) is 2.64. The molecular weight excluding hydrogens is 397 g/mol. The summed E-state index contributed by atoms with van der Waals surface area (Å²) in [5.74, 6) is -3.57. The lowest BCUT2D eigenvalue weighted by Crippen LogP contribution is -2.52. The van der Waals surface area contributed by atoms with Gasteiger partial charge in [0.25, 0.3) is 5.91 Å². The molecule has 5 nitrogen and oxygen atoms in total. The standard InChI is InChI=1S/C13H9F2IN2O3/c14-6-3-7(16)10-5(11(6)15)4-18(13(10)21)8-1-2-9(19)17-12(8)20/h3,8H,1-2,4H2,(H,17,19,20)/t8-/m1/s1. The Labute approximate surface area is 131 Å². The number of benzene rings is 1. The quantitative estimate of drug-likeness (QED) is 0.435. The molecular formula is C13H9F2IN2O3. The Hall–Kier alpha value is -1.58. The Morgan fingerprint density at radius 3 is 2.67 bits per heavy atom. The van der Waals surface area contributed by atoms with Crippen molar-refractivity contribution in [2.45, 2.75) is 25.4 Å². The molecule has 1 fully saturated rings. The zero-order valence-electron chi connectivity index (χ0n) is 10.6. The fraction of sp³-hybridized carbons (Fsp3) is 0.308. The third-order valence-corrected chi connectivity index (χ3v) is 4.51. The Morgan fingerprint density at radius 2 is 2.00 bits per heavy atom. The Kier molecular flexibility index (Phi) is 3.42. The molecule has 8 heteroatoms. The van der Waals surface area contributed by atoms with E-state index in [2.05, 4.69) is 5.32 Å². The number of fused-ring (bicyclic) bond motifs is 1. The van der Waals surface area contributed by atoms with Crippen LogP contribution in [0, 0.1) is 15.2 Å². The van der Waals surface area contributed by atoms with E-state index in [9.17, 15) is 23.2 Å². The maximum absolute atomic E-state index is 13.8. The molecule has 2 aliphatic heterocycles. The Morgan fingerprint density at radius 1 is 1.29 bits per heavy atom. The summed E-state index contributed by atoms with van der Waals surface area (Å²) in [4.78, 5) is 36.5. The van der Waals surface area contributed by atoms with Gasteiger partial charge in [0.1, 0.15) is 6.04 Å². The maximum atomic E-state index is 13.8. The number of amides is 3. The number of hydrogen-bond acceptors (Lipinski definition) is 3. The number of nitrogens with one attached hydrogen (secondary N) is 1. The summed E-state index contributed by atoms with van der Waals surface area (Å²) in [7, 11) is 0. The van der Waals surface area contributed by atoms with Gasteiger partial charge in [-0.2, -0.15) is 0 Å². The van der Waals surface area contributed by atoms with Crippen LogP contribution in [0.25, 0.3) is 0 Å². The summed E-state index contributed by atoms with van der Waals surface area (Å²) in [5, 5.41) is 2.15. The van der Waals surface area contributed by atoms with Crippen molar-refractivity contribution in [2.24, 2.45) is 0 Å². The van der Waals surface area contributed by atoms with Crippen LogP contribution >= 0.6 is 22.6 Å². The lowest BCUT2D eigenvalue weighted by Gasteiger charge is -2.29. The van der Waals surface area contributed by atoms with Crippen LogP contribution in [0.5, 0.6) is 0 Å². The molecule has 110 valence electrons. The van der Waals surface area contributed by atoms with Gasteiger partial charge in [-0.15, -0.1) is 0 Å². The highest BCUT2D eigenvalue weighted by atomic mass is 127. The van der Waals surface area contributed by atoms with Crippen LogP contribution in [-0.2, 0) is 16.1 Å². The van der Waals surface area contributed by atoms with Crippen LogP contribution in [-0.4, -0.2) is 28.7 Å². The van der Waals surface area contributed by atoms with E-state index >= 15 is 0 Å². The Bertz CT molecular complexity index is 692. The number of rotatable bonds is 1. The fourth-order valence-corrected chi connectivity index (χ4v) is 3.47. The number of carbonyl (C=O) groups is 3. The first-order valence-electron chi connectivity index (χ1n) is 6.21. The van der Waals surface area contributed by atoms with E-state index in [0.29, 0.717) is 3.57 Å². The molecule has 0 spiro atoms. The van der Waals surface area contributed by atoms with Crippen molar-refractivity contribution in [2.75, 3.05) is 0 Å².